The number of anilines is 1. The second kappa shape index (κ2) is 6.76. The summed E-state index contributed by atoms with van der Waals surface area (Å²) in [5.74, 6) is -0.589. The van der Waals surface area contributed by atoms with Gasteiger partial charge in [-0.05, 0) is 37.1 Å². The molecule has 1 heterocycles. The van der Waals surface area contributed by atoms with Crippen LogP contribution in [-0.4, -0.2) is 23.6 Å². The normalized spacial score (nSPS) is 16.5. The first-order valence-corrected chi connectivity index (χ1v) is 7.97. The predicted molar refractivity (Wildman–Crippen MR) is 95.5 cm³/mol. The SMILES string of the molecule is Cc1cccc(C)c1OC(=O)C1=NN(c2ccccc2)C(C(N)=O)C1. The summed E-state index contributed by atoms with van der Waals surface area (Å²) < 4.78 is 5.52. The Morgan fingerprint density at radius 3 is 2.32 bits per heavy atom. The molecule has 0 fully saturated rings. The molecule has 1 amide bonds. The number of hydrogen-bond acceptors (Lipinski definition) is 5. The van der Waals surface area contributed by atoms with Gasteiger partial charge in [-0.15, -0.1) is 0 Å². The third kappa shape index (κ3) is 3.38. The molecule has 2 N–H and O–H groups in total. The standard InChI is InChI=1S/C19H19N3O3/c1-12-7-6-8-13(2)17(12)25-19(24)15-11-16(18(20)23)22(21-15)14-9-4-3-5-10-14/h3-10,16H,11H2,1-2H3,(H2,20,23). The fraction of sp³-hybridized carbons (Fsp3) is 0.211. The van der Waals surface area contributed by atoms with E-state index in [1.165, 1.54) is 5.01 Å². The number of nitrogens with two attached hydrogens (primary N) is 1. The van der Waals surface area contributed by atoms with Crippen molar-refractivity contribution in [2.75, 3.05) is 5.01 Å². The molecule has 2 aromatic carbocycles. The molecule has 0 radical (unpaired) electrons. The number of rotatable bonds is 4. The Morgan fingerprint density at radius 2 is 1.72 bits per heavy atom. The molecule has 0 saturated heterocycles. The van der Waals surface area contributed by atoms with Crippen LogP contribution in [0.3, 0.4) is 0 Å². The minimum Gasteiger partial charge on any atom is -0.421 e. The van der Waals surface area contributed by atoms with Crippen LogP contribution in [0.15, 0.2) is 53.6 Å². The summed E-state index contributed by atoms with van der Waals surface area (Å²) >= 11 is 0. The highest BCUT2D eigenvalue weighted by atomic mass is 16.5. The number of hydrazone groups is 1. The second-order valence-electron chi connectivity index (χ2n) is 5.96. The molecule has 1 aliphatic rings. The van der Waals surface area contributed by atoms with E-state index in [9.17, 15) is 9.59 Å². The quantitative estimate of drug-likeness (QED) is 0.685. The number of ether oxygens (including phenoxy) is 1. The molecular formula is C19H19N3O3. The van der Waals surface area contributed by atoms with E-state index in [2.05, 4.69) is 5.10 Å². The van der Waals surface area contributed by atoms with E-state index >= 15 is 0 Å². The van der Waals surface area contributed by atoms with Gasteiger partial charge in [0.2, 0.25) is 5.91 Å². The highest BCUT2D eigenvalue weighted by molar-refractivity contribution is 6.38. The molecule has 0 spiro atoms. The van der Waals surface area contributed by atoms with Crippen molar-refractivity contribution in [2.45, 2.75) is 26.3 Å². The van der Waals surface area contributed by atoms with E-state index in [0.29, 0.717) is 11.4 Å². The van der Waals surface area contributed by atoms with E-state index in [0.717, 1.165) is 11.1 Å². The van der Waals surface area contributed by atoms with Gasteiger partial charge in [-0.1, -0.05) is 36.4 Å². The Balaban J connectivity index is 1.87. The number of nitrogens with zero attached hydrogens (tertiary/aromatic N) is 2. The molecule has 1 atom stereocenters. The number of carbonyl (C=O) groups is 2. The molecule has 0 saturated carbocycles. The van der Waals surface area contributed by atoms with Crippen molar-refractivity contribution < 1.29 is 14.3 Å². The van der Waals surface area contributed by atoms with Gasteiger partial charge >= 0.3 is 5.97 Å². The van der Waals surface area contributed by atoms with Gasteiger partial charge in [0.25, 0.3) is 0 Å². The van der Waals surface area contributed by atoms with Crippen molar-refractivity contribution in [3.63, 3.8) is 0 Å². The lowest BCUT2D eigenvalue weighted by molar-refractivity contribution is -0.127. The van der Waals surface area contributed by atoms with E-state index in [1.807, 2.05) is 50.2 Å². The zero-order valence-electron chi connectivity index (χ0n) is 14.1. The zero-order chi connectivity index (χ0) is 18.0. The molecular weight excluding hydrogens is 318 g/mol. The first-order valence-electron chi connectivity index (χ1n) is 7.97. The molecule has 0 bridgehead atoms. The maximum Gasteiger partial charge on any atom is 0.360 e. The topological polar surface area (TPSA) is 85.0 Å². The number of amides is 1. The third-order valence-corrected chi connectivity index (χ3v) is 4.10. The van der Waals surface area contributed by atoms with Gasteiger partial charge in [0.15, 0.2) is 0 Å². The van der Waals surface area contributed by atoms with Crippen LogP contribution >= 0.6 is 0 Å². The zero-order valence-corrected chi connectivity index (χ0v) is 14.1. The highest BCUT2D eigenvalue weighted by Gasteiger charge is 2.36. The second-order valence-corrected chi connectivity index (χ2v) is 5.96. The van der Waals surface area contributed by atoms with Crippen LogP contribution in [0.1, 0.15) is 17.5 Å². The van der Waals surface area contributed by atoms with Gasteiger partial charge in [-0.25, -0.2) is 4.79 Å². The van der Waals surface area contributed by atoms with E-state index in [-0.39, 0.29) is 12.1 Å². The van der Waals surface area contributed by atoms with Gasteiger partial charge in [-0.3, -0.25) is 9.80 Å². The first kappa shape index (κ1) is 16.7. The van der Waals surface area contributed by atoms with Gasteiger partial charge in [0, 0.05) is 6.42 Å². The largest absolute Gasteiger partial charge is 0.421 e. The molecule has 0 aliphatic carbocycles. The van der Waals surface area contributed by atoms with Crippen LogP contribution in [0.25, 0.3) is 0 Å². The molecule has 0 aromatic heterocycles. The number of carbonyl (C=O) groups excluding carboxylic acids is 2. The van der Waals surface area contributed by atoms with Crippen molar-refractivity contribution >= 4 is 23.3 Å². The third-order valence-electron chi connectivity index (χ3n) is 4.10. The highest BCUT2D eigenvalue weighted by Crippen LogP contribution is 2.26. The number of hydrogen-bond donors (Lipinski definition) is 1. The number of esters is 1. The fourth-order valence-electron chi connectivity index (χ4n) is 2.79. The maximum atomic E-state index is 12.5. The Bertz CT molecular complexity index is 826. The van der Waals surface area contributed by atoms with Crippen molar-refractivity contribution in [1.82, 2.24) is 0 Å². The van der Waals surface area contributed by atoms with Crippen molar-refractivity contribution in [1.29, 1.82) is 0 Å². The molecule has 6 nitrogen and oxygen atoms in total. The summed E-state index contributed by atoms with van der Waals surface area (Å²) in [6, 6.07) is 14.1. The van der Waals surface area contributed by atoms with Gasteiger partial charge in [-0.2, -0.15) is 5.10 Å². The van der Waals surface area contributed by atoms with Crippen LogP contribution in [-0.2, 0) is 9.59 Å². The number of primary amides is 1. The smallest absolute Gasteiger partial charge is 0.360 e. The monoisotopic (exact) mass is 337 g/mol. The first-order chi connectivity index (χ1) is 12.0. The van der Waals surface area contributed by atoms with Crippen molar-refractivity contribution in [2.24, 2.45) is 10.8 Å². The maximum absolute atomic E-state index is 12.5. The summed E-state index contributed by atoms with van der Waals surface area (Å²) in [7, 11) is 0. The lowest BCUT2D eigenvalue weighted by Gasteiger charge is -2.20. The van der Waals surface area contributed by atoms with Crippen LogP contribution in [0, 0.1) is 13.8 Å². The average Bonchev–Trinajstić information content (AvgIpc) is 3.05. The van der Waals surface area contributed by atoms with E-state index < -0.39 is 17.9 Å². The van der Waals surface area contributed by atoms with Gasteiger partial charge < -0.3 is 10.5 Å². The lowest BCUT2D eigenvalue weighted by atomic mass is 10.1. The summed E-state index contributed by atoms with van der Waals surface area (Å²) in [5.41, 5.74) is 8.07. The number of aryl methyl sites for hydroxylation is 2. The molecule has 25 heavy (non-hydrogen) atoms. The lowest BCUT2D eigenvalue weighted by Crippen LogP contribution is -2.39. The van der Waals surface area contributed by atoms with Gasteiger partial charge in [0.05, 0.1) is 5.69 Å². The Morgan fingerprint density at radius 1 is 1.08 bits per heavy atom. The van der Waals surface area contributed by atoms with Crippen LogP contribution in [0.2, 0.25) is 0 Å². The van der Waals surface area contributed by atoms with Crippen LogP contribution < -0.4 is 15.5 Å². The summed E-state index contributed by atoms with van der Waals surface area (Å²) in [5, 5.41) is 5.77. The summed E-state index contributed by atoms with van der Waals surface area (Å²) in [6.45, 7) is 3.74. The molecule has 128 valence electrons. The van der Waals surface area contributed by atoms with Crippen LogP contribution in [0.4, 0.5) is 5.69 Å². The predicted octanol–water partition coefficient (Wildman–Crippen LogP) is 2.33. The van der Waals surface area contributed by atoms with Crippen LogP contribution in [0.5, 0.6) is 5.75 Å². The Labute approximate surface area is 145 Å². The molecule has 6 heteroatoms. The van der Waals surface area contributed by atoms with Crippen molar-refractivity contribution in [3.05, 3.63) is 59.7 Å². The minimum atomic E-state index is -0.706. The molecule has 2 aromatic rings. The average molecular weight is 337 g/mol. The summed E-state index contributed by atoms with van der Waals surface area (Å²) in [4.78, 5) is 24.3. The molecule has 3 rings (SSSR count). The Hall–Kier alpha value is -3.15. The van der Waals surface area contributed by atoms with E-state index in [1.54, 1.807) is 12.1 Å². The summed E-state index contributed by atoms with van der Waals surface area (Å²) in [6.07, 6.45) is 0.119. The number of para-hydroxylation sites is 2. The van der Waals surface area contributed by atoms with Gasteiger partial charge in [0.1, 0.15) is 17.5 Å². The molecule has 1 aliphatic heterocycles. The molecule has 1 unspecified atom stereocenters. The van der Waals surface area contributed by atoms with Crippen molar-refractivity contribution in [3.8, 4) is 5.75 Å². The Kier molecular flexibility index (Phi) is 4.52. The minimum absolute atomic E-state index is 0.119. The van der Waals surface area contributed by atoms with E-state index in [4.69, 9.17) is 10.5 Å². The number of benzene rings is 2. The fourth-order valence-corrected chi connectivity index (χ4v) is 2.79.